The topological polar surface area (TPSA) is 39.2 Å². The molecule has 0 aliphatic carbocycles. The summed E-state index contributed by atoms with van der Waals surface area (Å²) in [5, 5.41) is 2.01. The predicted molar refractivity (Wildman–Crippen MR) is 79.5 cm³/mol. The Morgan fingerprint density at radius 3 is 2.79 bits per heavy atom. The number of carbonyl (C=O) groups excluding carboxylic acids is 1. The largest absolute Gasteiger partial charge is 0.462 e. The minimum Gasteiger partial charge on any atom is -0.462 e. The van der Waals surface area contributed by atoms with Gasteiger partial charge in [-0.2, -0.15) is 0 Å². The molecule has 2 rings (SSSR count). The third kappa shape index (κ3) is 4.36. The van der Waals surface area contributed by atoms with Crippen molar-refractivity contribution >= 4 is 29.1 Å². The number of ether oxygens (including phenoxy) is 1. The summed E-state index contributed by atoms with van der Waals surface area (Å²) in [6.45, 7) is 3.69. The molecule has 0 aliphatic rings. The van der Waals surface area contributed by atoms with Crippen LogP contribution in [0.2, 0.25) is 0 Å². The average molecular weight is 293 g/mol. The molecule has 0 saturated heterocycles. The number of hydrogen-bond acceptors (Lipinski definition) is 5. The zero-order valence-corrected chi connectivity index (χ0v) is 12.5. The van der Waals surface area contributed by atoms with E-state index in [9.17, 15) is 4.79 Å². The van der Waals surface area contributed by atoms with Crippen molar-refractivity contribution in [2.45, 2.75) is 24.3 Å². The van der Waals surface area contributed by atoms with Gasteiger partial charge in [0.15, 0.2) is 4.34 Å². The Morgan fingerprint density at radius 1 is 1.37 bits per heavy atom. The van der Waals surface area contributed by atoms with Gasteiger partial charge >= 0.3 is 5.97 Å². The van der Waals surface area contributed by atoms with E-state index in [1.165, 1.54) is 11.8 Å². The van der Waals surface area contributed by atoms with Crippen LogP contribution >= 0.6 is 23.1 Å². The second-order valence-electron chi connectivity index (χ2n) is 4.19. The third-order valence-corrected chi connectivity index (χ3v) is 4.23. The molecule has 0 spiro atoms. The van der Waals surface area contributed by atoms with Crippen LogP contribution in [-0.2, 0) is 9.53 Å². The summed E-state index contributed by atoms with van der Waals surface area (Å²) in [4.78, 5) is 15.9. The first-order valence-corrected chi connectivity index (χ1v) is 7.85. The first-order chi connectivity index (χ1) is 9.15. The summed E-state index contributed by atoms with van der Waals surface area (Å²) in [6.07, 6.45) is -0.0655. The fraction of sp³-hybridized carbons (Fsp3) is 0.286. The maximum Gasteiger partial charge on any atom is 0.316 e. The number of carbonyl (C=O) groups is 1. The number of thiazole rings is 1. The number of hydrogen-bond donors (Lipinski definition) is 0. The molecule has 0 unspecified atom stereocenters. The summed E-state index contributed by atoms with van der Waals surface area (Å²) >= 11 is 2.97. The Morgan fingerprint density at radius 2 is 2.11 bits per heavy atom. The van der Waals surface area contributed by atoms with E-state index in [2.05, 4.69) is 4.98 Å². The number of esters is 1. The van der Waals surface area contributed by atoms with E-state index in [-0.39, 0.29) is 12.1 Å². The SMILES string of the molecule is CC(C)OC(=O)CSc1nc(-c2ccccc2)cs1. The van der Waals surface area contributed by atoms with Crippen molar-refractivity contribution in [3.63, 3.8) is 0 Å². The molecule has 0 bridgehead atoms. The molecule has 100 valence electrons. The van der Waals surface area contributed by atoms with E-state index in [4.69, 9.17) is 4.74 Å². The first-order valence-electron chi connectivity index (χ1n) is 5.98. The number of benzene rings is 1. The highest BCUT2D eigenvalue weighted by Gasteiger charge is 2.09. The lowest BCUT2D eigenvalue weighted by Gasteiger charge is -2.06. The number of aromatic nitrogens is 1. The molecule has 1 aromatic heterocycles. The lowest BCUT2D eigenvalue weighted by molar-refractivity contribution is -0.144. The zero-order valence-electron chi connectivity index (χ0n) is 10.8. The fourth-order valence-electron chi connectivity index (χ4n) is 1.48. The molecule has 1 aromatic carbocycles. The lowest BCUT2D eigenvalue weighted by Crippen LogP contribution is -2.13. The van der Waals surface area contributed by atoms with E-state index in [1.807, 2.05) is 49.6 Å². The van der Waals surface area contributed by atoms with Gasteiger partial charge in [0.05, 0.1) is 17.6 Å². The van der Waals surface area contributed by atoms with Crippen molar-refractivity contribution in [2.75, 3.05) is 5.75 Å². The summed E-state index contributed by atoms with van der Waals surface area (Å²) < 4.78 is 5.97. The Kier molecular flexibility index (Phi) is 4.99. The van der Waals surface area contributed by atoms with Gasteiger partial charge in [-0.3, -0.25) is 4.79 Å². The fourth-order valence-corrected chi connectivity index (χ4v) is 3.10. The summed E-state index contributed by atoms with van der Waals surface area (Å²) in [7, 11) is 0. The highest BCUT2D eigenvalue weighted by atomic mass is 32.2. The van der Waals surface area contributed by atoms with E-state index in [0.717, 1.165) is 15.6 Å². The van der Waals surface area contributed by atoms with Crippen LogP contribution in [0.25, 0.3) is 11.3 Å². The normalized spacial score (nSPS) is 10.7. The second-order valence-corrected chi connectivity index (χ2v) is 6.27. The van der Waals surface area contributed by atoms with Crippen molar-refractivity contribution in [1.29, 1.82) is 0 Å². The van der Waals surface area contributed by atoms with Crippen molar-refractivity contribution < 1.29 is 9.53 Å². The van der Waals surface area contributed by atoms with Crippen molar-refractivity contribution in [1.82, 2.24) is 4.98 Å². The number of rotatable bonds is 5. The maximum absolute atomic E-state index is 11.4. The Balaban J connectivity index is 1.93. The maximum atomic E-state index is 11.4. The van der Waals surface area contributed by atoms with Gasteiger partial charge in [-0.1, -0.05) is 42.1 Å². The predicted octanol–water partition coefficient (Wildman–Crippen LogP) is 3.85. The van der Waals surface area contributed by atoms with E-state index >= 15 is 0 Å². The number of nitrogens with zero attached hydrogens (tertiary/aromatic N) is 1. The van der Waals surface area contributed by atoms with Crippen LogP contribution in [0.3, 0.4) is 0 Å². The lowest BCUT2D eigenvalue weighted by atomic mass is 10.2. The molecular weight excluding hydrogens is 278 g/mol. The van der Waals surface area contributed by atoms with Crippen LogP contribution in [0, 0.1) is 0 Å². The van der Waals surface area contributed by atoms with E-state index in [1.54, 1.807) is 11.3 Å². The van der Waals surface area contributed by atoms with Gasteiger partial charge in [-0.05, 0) is 13.8 Å². The molecular formula is C14H15NO2S2. The zero-order chi connectivity index (χ0) is 13.7. The highest BCUT2D eigenvalue weighted by Crippen LogP contribution is 2.28. The monoisotopic (exact) mass is 293 g/mol. The Labute approximate surface area is 121 Å². The quantitative estimate of drug-likeness (QED) is 0.620. The first kappa shape index (κ1) is 14.1. The smallest absolute Gasteiger partial charge is 0.316 e. The third-order valence-electron chi connectivity index (χ3n) is 2.23. The van der Waals surface area contributed by atoms with Crippen LogP contribution in [0.5, 0.6) is 0 Å². The molecule has 0 amide bonds. The average Bonchev–Trinajstić information content (AvgIpc) is 2.85. The van der Waals surface area contributed by atoms with Gasteiger partial charge in [-0.15, -0.1) is 11.3 Å². The van der Waals surface area contributed by atoms with Gasteiger partial charge in [0.25, 0.3) is 0 Å². The summed E-state index contributed by atoms with van der Waals surface area (Å²) in [5.74, 6) is 0.108. The molecule has 2 aromatic rings. The Hall–Kier alpha value is -1.33. The molecule has 0 N–H and O–H groups in total. The number of thioether (sulfide) groups is 1. The molecule has 0 atom stereocenters. The van der Waals surface area contributed by atoms with E-state index in [0.29, 0.717) is 5.75 Å². The summed E-state index contributed by atoms with van der Waals surface area (Å²) in [5.41, 5.74) is 2.04. The second kappa shape index (κ2) is 6.73. The van der Waals surface area contributed by atoms with Gasteiger partial charge < -0.3 is 4.74 Å². The van der Waals surface area contributed by atoms with Crippen LogP contribution < -0.4 is 0 Å². The minimum absolute atomic E-state index is 0.0655. The molecule has 0 aliphatic heterocycles. The van der Waals surface area contributed by atoms with Crippen LogP contribution in [0.4, 0.5) is 0 Å². The summed E-state index contributed by atoms with van der Waals surface area (Å²) in [6, 6.07) is 10.0. The molecule has 0 saturated carbocycles. The minimum atomic E-state index is -0.198. The van der Waals surface area contributed by atoms with Gasteiger partial charge in [0.1, 0.15) is 0 Å². The van der Waals surface area contributed by atoms with Crippen molar-refractivity contribution in [3.05, 3.63) is 35.7 Å². The van der Waals surface area contributed by atoms with Crippen molar-refractivity contribution in [3.8, 4) is 11.3 Å². The van der Waals surface area contributed by atoms with Crippen LogP contribution in [-0.4, -0.2) is 22.8 Å². The molecule has 1 heterocycles. The molecule has 5 heteroatoms. The van der Waals surface area contributed by atoms with Crippen LogP contribution in [0.1, 0.15) is 13.8 Å². The standard InChI is InChI=1S/C14H15NO2S2/c1-10(2)17-13(16)9-19-14-15-12(8-18-14)11-6-4-3-5-7-11/h3-8,10H,9H2,1-2H3. The van der Waals surface area contributed by atoms with Gasteiger partial charge in [-0.25, -0.2) is 4.98 Å². The molecule has 0 fully saturated rings. The molecule has 19 heavy (non-hydrogen) atoms. The molecule has 0 radical (unpaired) electrons. The molecule has 3 nitrogen and oxygen atoms in total. The van der Waals surface area contributed by atoms with Crippen LogP contribution in [0.15, 0.2) is 40.1 Å². The van der Waals surface area contributed by atoms with Crippen molar-refractivity contribution in [2.24, 2.45) is 0 Å². The van der Waals surface area contributed by atoms with Gasteiger partial charge in [0.2, 0.25) is 0 Å². The Bertz CT molecular complexity index is 537. The van der Waals surface area contributed by atoms with E-state index < -0.39 is 0 Å². The van der Waals surface area contributed by atoms with Gasteiger partial charge in [0, 0.05) is 10.9 Å². The highest BCUT2D eigenvalue weighted by molar-refractivity contribution is 8.01.